The summed E-state index contributed by atoms with van der Waals surface area (Å²) in [6.07, 6.45) is 0.517. The van der Waals surface area contributed by atoms with Crippen LogP contribution in [0.3, 0.4) is 0 Å². The summed E-state index contributed by atoms with van der Waals surface area (Å²) in [6, 6.07) is 6.28. The zero-order valence-electron chi connectivity index (χ0n) is 10.9. The van der Waals surface area contributed by atoms with Gasteiger partial charge in [-0.2, -0.15) is 0 Å². The number of aldehydes is 1. The molecule has 0 spiro atoms. The predicted octanol–water partition coefficient (Wildman–Crippen LogP) is 3.46. The van der Waals surface area contributed by atoms with E-state index in [0.29, 0.717) is 12.0 Å². The van der Waals surface area contributed by atoms with Crippen LogP contribution < -0.4 is 9.47 Å². The highest BCUT2D eigenvalue weighted by Gasteiger charge is 2.18. The maximum atomic E-state index is 13.8. The standard InChI is InChI=1S/C15H12F2O3/c1-19-13-6-9(8-18)10(7-14(13)20-2)15-11(16)4-3-5-12(15)17/h3-8H,1-2H3. The van der Waals surface area contributed by atoms with Crippen LogP contribution in [0, 0.1) is 11.6 Å². The highest BCUT2D eigenvalue weighted by Crippen LogP contribution is 2.37. The molecule has 104 valence electrons. The summed E-state index contributed by atoms with van der Waals surface area (Å²) in [7, 11) is 2.82. The van der Waals surface area contributed by atoms with E-state index in [9.17, 15) is 13.6 Å². The highest BCUT2D eigenvalue weighted by atomic mass is 19.1. The van der Waals surface area contributed by atoms with Crippen LogP contribution in [0.5, 0.6) is 11.5 Å². The molecule has 20 heavy (non-hydrogen) atoms. The van der Waals surface area contributed by atoms with Crippen LogP contribution in [-0.4, -0.2) is 20.5 Å². The van der Waals surface area contributed by atoms with Crippen LogP contribution in [0.4, 0.5) is 8.78 Å². The van der Waals surface area contributed by atoms with Crippen LogP contribution in [0.2, 0.25) is 0 Å². The summed E-state index contributed by atoms with van der Waals surface area (Å²) in [4.78, 5) is 11.1. The molecule has 2 aromatic rings. The zero-order valence-corrected chi connectivity index (χ0v) is 10.9. The minimum absolute atomic E-state index is 0.117. The van der Waals surface area contributed by atoms with Gasteiger partial charge in [0.05, 0.1) is 19.8 Å². The molecule has 3 nitrogen and oxygen atoms in total. The second kappa shape index (κ2) is 5.69. The minimum atomic E-state index is -0.750. The third-order valence-electron chi connectivity index (χ3n) is 2.91. The maximum Gasteiger partial charge on any atom is 0.161 e. The lowest BCUT2D eigenvalue weighted by Crippen LogP contribution is -1.98. The van der Waals surface area contributed by atoms with E-state index in [-0.39, 0.29) is 22.4 Å². The first-order valence-corrected chi connectivity index (χ1v) is 5.78. The average molecular weight is 278 g/mol. The van der Waals surface area contributed by atoms with Crippen molar-refractivity contribution in [2.75, 3.05) is 14.2 Å². The predicted molar refractivity (Wildman–Crippen MR) is 70.3 cm³/mol. The number of hydrogen-bond donors (Lipinski definition) is 0. The smallest absolute Gasteiger partial charge is 0.161 e. The van der Waals surface area contributed by atoms with Gasteiger partial charge in [-0.05, 0) is 24.3 Å². The molecule has 5 heteroatoms. The summed E-state index contributed by atoms with van der Waals surface area (Å²) in [5.41, 5.74) is -0.0320. The van der Waals surface area contributed by atoms with Crippen LogP contribution >= 0.6 is 0 Å². The highest BCUT2D eigenvalue weighted by molar-refractivity contribution is 5.89. The molecule has 0 bridgehead atoms. The average Bonchev–Trinajstić information content (AvgIpc) is 2.46. The minimum Gasteiger partial charge on any atom is -0.493 e. The molecule has 0 heterocycles. The molecule has 0 aliphatic carbocycles. The first-order chi connectivity index (χ1) is 9.62. The fourth-order valence-corrected chi connectivity index (χ4v) is 1.96. The topological polar surface area (TPSA) is 35.5 Å². The molecule has 0 fully saturated rings. The Hall–Kier alpha value is -2.43. The van der Waals surface area contributed by atoms with E-state index in [4.69, 9.17) is 9.47 Å². The van der Waals surface area contributed by atoms with Crippen LogP contribution in [0.1, 0.15) is 10.4 Å². The van der Waals surface area contributed by atoms with Gasteiger partial charge in [0, 0.05) is 11.1 Å². The number of halogens is 2. The number of carbonyl (C=O) groups is 1. The quantitative estimate of drug-likeness (QED) is 0.803. The molecule has 0 atom stereocenters. The van der Waals surface area contributed by atoms with E-state index >= 15 is 0 Å². The van der Waals surface area contributed by atoms with E-state index in [0.717, 1.165) is 12.1 Å². The summed E-state index contributed by atoms with van der Waals surface area (Å²) in [5.74, 6) is -0.897. The van der Waals surface area contributed by atoms with E-state index in [1.165, 1.54) is 32.4 Å². The van der Waals surface area contributed by atoms with Crippen molar-refractivity contribution in [3.8, 4) is 22.6 Å². The largest absolute Gasteiger partial charge is 0.493 e. The molecule has 0 unspecified atom stereocenters. The number of rotatable bonds is 4. The summed E-state index contributed by atoms with van der Waals surface area (Å²) >= 11 is 0. The van der Waals surface area contributed by atoms with E-state index < -0.39 is 11.6 Å². The van der Waals surface area contributed by atoms with E-state index in [1.807, 2.05) is 0 Å². The van der Waals surface area contributed by atoms with Crippen molar-refractivity contribution in [1.29, 1.82) is 0 Å². The van der Waals surface area contributed by atoms with Gasteiger partial charge in [0.25, 0.3) is 0 Å². The monoisotopic (exact) mass is 278 g/mol. The Labute approximate surface area is 114 Å². The van der Waals surface area contributed by atoms with Gasteiger partial charge in [-0.15, -0.1) is 0 Å². The molecule has 0 N–H and O–H groups in total. The van der Waals surface area contributed by atoms with Crippen molar-refractivity contribution in [2.45, 2.75) is 0 Å². The second-order valence-electron chi connectivity index (χ2n) is 4.01. The Morgan fingerprint density at radius 2 is 1.55 bits per heavy atom. The van der Waals surface area contributed by atoms with Gasteiger partial charge in [-0.25, -0.2) is 8.78 Å². The molecule has 0 aromatic heterocycles. The first kappa shape index (κ1) is 14.0. The summed E-state index contributed by atoms with van der Waals surface area (Å²) in [5, 5.41) is 0. The van der Waals surface area contributed by atoms with Gasteiger partial charge in [-0.1, -0.05) is 6.07 Å². The van der Waals surface area contributed by atoms with Crippen LogP contribution in [0.25, 0.3) is 11.1 Å². The molecular weight excluding hydrogens is 266 g/mol. The Kier molecular flexibility index (Phi) is 3.98. The molecule has 0 aliphatic rings. The van der Waals surface area contributed by atoms with E-state index in [1.54, 1.807) is 0 Å². The van der Waals surface area contributed by atoms with Crippen molar-refractivity contribution >= 4 is 6.29 Å². The Balaban J connectivity index is 2.76. The molecule has 0 aliphatic heterocycles. The van der Waals surface area contributed by atoms with Gasteiger partial charge < -0.3 is 9.47 Å². The van der Waals surface area contributed by atoms with Crippen LogP contribution in [-0.2, 0) is 0 Å². The van der Waals surface area contributed by atoms with Crippen molar-refractivity contribution in [1.82, 2.24) is 0 Å². The van der Waals surface area contributed by atoms with E-state index in [2.05, 4.69) is 0 Å². The second-order valence-corrected chi connectivity index (χ2v) is 4.01. The summed E-state index contributed by atoms with van der Waals surface area (Å²) in [6.45, 7) is 0. The maximum absolute atomic E-state index is 13.8. The van der Waals surface area contributed by atoms with Gasteiger partial charge in [-0.3, -0.25) is 4.79 Å². The van der Waals surface area contributed by atoms with Gasteiger partial charge >= 0.3 is 0 Å². The Morgan fingerprint density at radius 1 is 1.00 bits per heavy atom. The Morgan fingerprint density at radius 3 is 2.05 bits per heavy atom. The molecular formula is C15H12F2O3. The van der Waals surface area contributed by atoms with Gasteiger partial charge in [0.1, 0.15) is 11.6 Å². The van der Waals surface area contributed by atoms with Crippen molar-refractivity contribution in [3.05, 3.63) is 47.5 Å². The summed E-state index contributed by atoms with van der Waals surface area (Å²) < 4.78 is 37.8. The molecule has 2 aromatic carbocycles. The number of hydrogen-bond acceptors (Lipinski definition) is 3. The van der Waals surface area contributed by atoms with Crippen molar-refractivity contribution in [2.24, 2.45) is 0 Å². The third kappa shape index (κ3) is 2.34. The van der Waals surface area contributed by atoms with Crippen molar-refractivity contribution < 1.29 is 23.0 Å². The lowest BCUT2D eigenvalue weighted by molar-refractivity contribution is 0.112. The first-order valence-electron chi connectivity index (χ1n) is 5.78. The van der Waals surface area contributed by atoms with Gasteiger partial charge in [0.15, 0.2) is 17.8 Å². The lowest BCUT2D eigenvalue weighted by atomic mass is 9.98. The fraction of sp³-hybridized carbons (Fsp3) is 0.133. The number of carbonyl (C=O) groups excluding carboxylic acids is 1. The number of methoxy groups -OCH3 is 2. The zero-order chi connectivity index (χ0) is 14.7. The lowest BCUT2D eigenvalue weighted by Gasteiger charge is -2.13. The van der Waals surface area contributed by atoms with Crippen molar-refractivity contribution in [3.63, 3.8) is 0 Å². The molecule has 0 saturated carbocycles. The SMILES string of the molecule is COc1cc(C=O)c(-c2c(F)cccc2F)cc1OC. The molecule has 0 amide bonds. The van der Waals surface area contributed by atoms with Gasteiger partial charge in [0.2, 0.25) is 0 Å². The molecule has 0 saturated heterocycles. The van der Waals surface area contributed by atoms with Crippen LogP contribution in [0.15, 0.2) is 30.3 Å². The third-order valence-corrected chi connectivity index (χ3v) is 2.91. The normalized spacial score (nSPS) is 10.2. The Bertz CT molecular complexity index is 634. The molecule has 2 rings (SSSR count). The number of ether oxygens (including phenoxy) is 2. The fourth-order valence-electron chi connectivity index (χ4n) is 1.96. The molecule has 0 radical (unpaired) electrons. The number of benzene rings is 2.